The number of ether oxygens (including phenoxy) is 1. The second kappa shape index (κ2) is 5.54. The molecule has 0 spiro atoms. The summed E-state index contributed by atoms with van der Waals surface area (Å²) in [5, 5.41) is 8.77. The summed E-state index contributed by atoms with van der Waals surface area (Å²) in [6.07, 6.45) is 2.69. The minimum atomic E-state index is -3.83. The lowest BCUT2D eigenvalue weighted by molar-refractivity contribution is 0.411. The Morgan fingerprint density at radius 1 is 1.30 bits per heavy atom. The molecule has 0 aliphatic rings. The molecule has 0 atom stereocenters. The van der Waals surface area contributed by atoms with Gasteiger partial charge in [-0.05, 0) is 18.2 Å². The van der Waals surface area contributed by atoms with Crippen LogP contribution >= 0.6 is 0 Å². The Bertz CT molecular complexity index is 751. The van der Waals surface area contributed by atoms with Crippen LogP contribution in [-0.4, -0.2) is 25.5 Å². The van der Waals surface area contributed by atoms with Gasteiger partial charge in [0.25, 0.3) is 10.0 Å². The van der Waals surface area contributed by atoms with E-state index in [1.807, 2.05) is 6.07 Å². The standard InChI is InChI=1S/C12H10N4O3S/c1-19-10-7-14-12(15-8-10)16-20(17,18)11-4-2-3-9(5-11)6-13/h2-5,7-8H,1H3,(H,14,15,16). The van der Waals surface area contributed by atoms with Crippen molar-refractivity contribution in [2.45, 2.75) is 4.90 Å². The van der Waals surface area contributed by atoms with Crippen molar-refractivity contribution >= 4 is 16.0 Å². The molecule has 2 rings (SSSR count). The molecule has 102 valence electrons. The van der Waals surface area contributed by atoms with Gasteiger partial charge in [0.1, 0.15) is 0 Å². The first-order valence-corrected chi connectivity index (χ1v) is 6.92. The van der Waals surface area contributed by atoms with E-state index in [1.54, 1.807) is 0 Å². The van der Waals surface area contributed by atoms with Crippen molar-refractivity contribution in [1.82, 2.24) is 9.97 Å². The van der Waals surface area contributed by atoms with Crippen molar-refractivity contribution in [2.24, 2.45) is 0 Å². The van der Waals surface area contributed by atoms with Crippen molar-refractivity contribution in [3.63, 3.8) is 0 Å². The van der Waals surface area contributed by atoms with Crippen LogP contribution < -0.4 is 9.46 Å². The van der Waals surface area contributed by atoms with Crippen LogP contribution in [0, 0.1) is 11.3 Å². The maximum Gasteiger partial charge on any atom is 0.264 e. The first kappa shape index (κ1) is 13.8. The van der Waals surface area contributed by atoms with Crippen molar-refractivity contribution in [3.05, 3.63) is 42.2 Å². The highest BCUT2D eigenvalue weighted by Crippen LogP contribution is 2.15. The molecule has 0 amide bonds. The predicted molar refractivity (Wildman–Crippen MR) is 70.5 cm³/mol. The van der Waals surface area contributed by atoms with Crippen molar-refractivity contribution < 1.29 is 13.2 Å². The van der Waals surface area contributed by atoms with Crippen LogP contribution in [0.5, 0.6) is 5.75 Å². The monoisotopic (exact) mass is 290 g/mol. The van der Waals surface area contributed by atoms with Gasteiger partial charge in [0.05, 0.1) is 36.0 Å². The van der Waals surface area contributed by atoms with Gasteiger partial charge in [-0.25, -0.2) is 23.1 Å². The molecule has 0 unspecified atom stereocenters. The van der Waals surface area contributed by atoms with Crippen molar-refractivity contribution in [2.75, 3.05) is 11.8 Å². The number of hydrogen-bond acceptors (Lipinski definition) is 6. The summed E-state index contributed by atoms with van der Waals surface area (Å²) in [7, 11) is -2.38. The number of rotatable bonds is 4. The van der Waals surface area contributed by atoms with E-state index in [4.69, 9.17) is 10.00 Å². The number of nitrogens with zero attached hydrogens (tertiary/aromatic N) is 3. The lowest BCUT2D eigenvalue weighted by atomic mass is 10.2. The molecule has 0 fully saturated rings. The Hall–Kier alpha value is -2.66. The van der Waals surface area contributed by atoms with E-state index >= 15 is 0 Å². The third-order valence-corrected chi connectivity index (χ3v) is 3.69. The van der Waals surface area contributed by atoms with Crippen LogP contribution in [0.3, 0.4) is 0 Å². The fraction of sp³-hybridized carbons (Fsp3) is 0.0833. The second-order valence-electron chi connectivity index (χ2n) is 3.69. The quantitative estimate of drug-likeness (QED) is 0.905. The van der Waals surface area contributed by atoms with Gasteiger partial charge in [0.15, 0.2) is 5.75 Å². The molecule has 20 heavy (non-hydrogen) atoms. The fourth-order valence-electron chi connectivity index (χ4n) is 1.39. The van der Waals surface area contributed by atoms with Crippen LogP contribution in [-0.2, 0) is 10.0 Å². The van der Waals surface area contributed by atoms with Crippen LogP contribution in [0.15, 0.2) is 41.6 Å². The molecular weight excluding hydrogens is 280 g/mol. The Morgan fingerprint density at radius 3 is 2.60 bits per heavy atom. The maximum absolute atomic E-state index is 12.1. The van der Waals surface area contributed by atoms with Crippen LogP contribution in [0.2, 0.25) is 0 Å². The highest BCUT2D eigenvalue weighted by Gasteiger charge is 2.16. The summed E-state index contributed by atoms with van der Waals surface area (Å²) in [5.41, 5.74) is 0.253. The molecule has 1 N–H and O–H groups in total. The highest BCUT2D eigenvalue weighted by molar-refractivity contribution is 7.92. The van der Waals surface area contributed by atoms with E-state index in [2.05, 4.69) is 14.7 Å². The Kier molecular flexibility index (Phi) is 3.81. The summed E-state index contributed by atoms with van der Waals surface area (Å²) in [5.74, 6) is 0.340. The van der Waals surface area contributed by atoms with Gasteiger partial charge in [-0.3, -0.25) is 0 Å². The smallest absolute Gasteiger partial charge is 0.264 e. The Morgan fingerprint density at radius 2 is 2.00 bits per heavy atom. The average Bonchev–Trinajstić information content (AvgIpc) is 2.48. The lowest BCUT2D eigenvalue weighted by Crippen LogP contribution is -2.15. The topological polar surface area (TPSA) is 105 Å². The predicted octanol–water partition coefficient (Wildman–Crippen LogP) is 1.16. The second-order valence-corrected chi connectivity index (χ2v) is 5.37. The molecule has 2 aromatic rings. The van der Waals surface area contributed by atoms with Gasteiger partial charge in [-0.2, -0.15) is 5.26 Å². The minimum absolute atomic E-state index is 0.0315. The molecule has 0 radical (unpaired) electrons. The minimum Gasteiger partial charge on any atom is -0.494 e. The number of methoxy groups -OCH3 is 1. The molecule has 0 saturated carbocycles. The van der Waals surface area contributed by atoms with Crippen LogP contribution in [0.1, 0.15) is 5.56 Å². The summed E-state index contributed by atoms with van der Waals surface area (Å²) >= 11 is 0. The Labute approximate surface area is 115 Å². The van der Waals surface area contributed by atoms with Crippen molar-refractivity contribution in [3.8, 4) is 11.8 Å². The zero-order chi connectivity index (χ0) is 14.6. The van der Waals surface area contributed by atoms with Gasteiger partial charge in [0, 0.05) is 0 Å². The van der Waals surface area contributed by atoms with Gasteiger partial charge < -0.3 is 4.74 Å². The number of aromatic nitrogens is 2. The van der Waals surface area contributed by atoms with E-state index < -0.39 is 10.0 Å². The summed E-state index contributed by atoms with van der Waals surface area (Å²) < 4.78 is 31.3. The molecule has 1 aromatic carbocycles. The average molecular weight is 290 g/mol. The molecular formula is C12H10N4O3S. The summed E-state index contributed by atoms with van der Waals surface area (Å²) in [6.45, 7) is 0. The Balaban J connectivity index is 2.28. The number of sulfonamides is 1. The molecule has 0 aliphatic carbocycles. The van der Waals surface area contributed by atoms with Crippen LogP contribution in [0.25, 0.3) is 0 Å². The van der Waals surface area contributed by atoms with E-state index in [1.165, 1.54) is 43.8 Å². The number of nitriles is 1. The first-order valence-electron chi connectivity index (χ1n) is 5.44. The number of benzene rings is 1. The number of anilines is 1. The number of nitrogens with one attached hydrogen (secondary N) is 1. The van der Waals surface area contributed by atoms with Gasteiger partial charge in [-0.1, -0.05) is 6.07 Å². The third kappa shape index (κ3) is 3.02. The normalized spacial score (nSPS) is 10.6. The third-order valence-electron chi connectivity index (χ3n) is 2.36. The molecule has 1 heterocycles. The first-order chi connectivity index (χ1) is 9.55. The molecule has 0 bridgehead atoms. The molecule has 8 heteroatoms. The molecule has 7 nitrogen and oxygen atoms in total. The van der Waals surface area contributed by atoms with Crippen LogP contribution in [0.4, 0.5) is 5.95 Å². The summed E-state index contributed by atoms with van der Waals surface area (Å²) in [4.78, 5) is 7.59. The van der Waals surface area contributed by atoms with E-state index in [-0.39, 0.29) is 16.4 Å². The van der Waals surface area contributed by atoms with E-state index in [0.717, 1.165) is 0 Å². The number of hydrogen-bond donors (Lipinski definition) is 1. The fourth-order valence-corrected chi connectivity index (χ4v) is 2.39. The lowest BCUT2D eigenvalue weighted by Gasteiger charge is -2.07. The SMILES string of the molecule is COc1cnc(NS(=O)(=O)c2cccc(C#N)c2)nc1. The molecule has 0 aliphatic heterocycles. The zero-order valence-corrected chi connectivity index (χ0v) is 11.3. The molecule has 0 saturated heterocycles. The van der Waals surface area contributed by atoms with Gasteiger partial charge in [-0.15, -0.1) is 0 Å². The van der Waals surface area contributed by atoms with Gasteiger partial charge >= 0.3 is 0 Å². The van der Waals surface area contributed by atoms with Gasteiger partial charge in [0.2, 0.25) is 5.95 Å². The van der Waals surface area contributed by atoms with E-state index in [0.29, 0.717) is 5.75 Å². The maximum atomic E-state index is 12.1. The van der Waals surface area contributed by atoms with E-state index in [9.17, 15) is 8.42 Å². The summed E-state index contributed by atoms with van der Waals surface area (Å²) in [6, 6.07) is 7.53. The zero-order valence-electron chi connectivity index (χ0n) is 10.4. The highest BCUT2D eigenvalue weighted by atomic mass is 32.2. The van der Waals surface area contributed by atoms with Crippen molar-refractivity contribution in [1.29, 1.82) is 5.26 Å². The largest absolute Gasteiger partial charge is 0.494 e. The molecule has 1 aromatic heterocycles.